The lowest BCUT2D eigenvalue weighted by Gasteiger charge is -2.37. The molecule has 0 radical (unpaired) electrons. The quantitative estimate of drug-likeness (QED) is 0.712. The maximum Gasteiger partial charge on any atom is 0.410 e. The van der Waals surface area contributed by atoms with Crippen molar-refractivity contribution in [2.75, 3.05) is 26.2 Å². The molecule has 30 heavy (non-hydrogen) atoms. The first-order chi connectivity index (χ1) is 14.0. The van der Waals surface area contributed by atoms with Crippen molar-refractivity contribution in [2.45, 2.75) is 65.5 Å². The van der Waals surface area contributed by atoms with Crippen LogP contribution >= 0.6 is 0 Å². The predicted molar refractivity (Wildman–Crippen MR) is 109 cm³/mol. The summed E-state index contributed by atoms with van der Waals surface area (Å²) in [4.78, 5) is 39.7. The molecule has 0 aromatic carbocycles. The normalized spacial score (nSPS) is 16.8. The Morgan fingerprint density at radius 2 is 1.77 bits per heavy atom. The van der Waals surface area contributed by atoms with Crippen molar-refractivity contribution in [1.82, 2.24) is 24.8 Å². The molecule has 2 rings (SSSR count). The second-order valence-electron chi connectivity index (χ2n) is 8.71. The van der Waals surface area contributed by atoms with E-state index in [0.29, 0.717) is 31.9 Å². The van der Waals surface area contributed by atoms with E-state index in [-0.39, 0.29) is 30.8 Å². The van der Waals surface area contributed by atoms with Gasteiger partial charge < -0.3 is 19.6 Å². The van der Waals surface area contributed by atoms with Gasteiger partial charge in [-0.25, -0.2) is 9.48 Å². The van der Waals surface area contributed by atoms with Gasteiger partial charge in [-0.15, -0.1) is 5.10 Å². The highest BCUT2D eigenvalue weighted by atomic mass is 16.6. The number of aryl methyl sites for hydroxylation is 1. The van der Waals surface area contributed by atoms with Gasteiger partial charge in [-0.3, -0.25) is 9.59 Å². The molecule has 0 bridgehead atoms. The van der Waals surface area contributed by atoms with E-state index in [4.69, 9.17) is 9.84 Å². The Bertz CT molecular complexity index is 749. The van der Waals surface area contributed by atoms with Gasteiger partial charge in [0.1, 0.15) is 11.6 Å². The van der Waals surface area contributed by atoms with Gasteiger partial charge in [0.05, 0.1) is 12.1 Å². The predicted octanol–water partition coefficient (Wildman–Crippen LogP) is 1.96. The number of hydrogen-bond acceptors (Lipinski definition) is 6. The van der Waals surface area contributed by atoms with E-state index in [2.05, 4.69) is 10.3 Å². The average Bonchev–Trinajstić information content (AvgIpc) is 3.13. The second-order valence-corrected chi connectivity index (χ2v) is 8.71. The Morgan fingerprint density at radius 1 is 1.17 bits per heavy atom. The molecule has 0 aliphatic carbocycles. The largest absolute Gasteiger partial charge is 0.481 e. The van der Waals surface area contributed by atoms with Crippen molar-refractivity contribution in [3.05, 3.63) is 11.9 Å². The molecule has 1 aromatic heterocycles. The molecular weight excluding hydrogens is 390 g/mol. The highest BCUT2D eigenvalue weighted by Crippen LogP contribution is 2.24. The lowest BCUT2D eigenvalue weighted by molar-refractivity contribution is -0.139. The minimum absolute atomic E-state index is 0.0235. The third-order valence-corrected chi connectivity index (χ3v) is 5.12. The summed E-state index contributed by atoms with van der Waals surface area (Å²) in [7, 11) is 0. The molecule has 1 N–H and O–H groups in total. The Kier molecular flexibility index (Phi) is 7.80. The third-order valence-electron chi connectivity index (χ3n) is 5.12. The minimum atomic E-state index is -0.901. The van der Waals surface area contributed by atoms with Gasteiger partial charge in [0, 0.05) is 38.8 Å². The van der Waals surface area contributed by atoms with E-state index in [9.17, 15) is 14.4 Å². The van der Waals surface area contributed by atoms with E-state index in [0.717, 1.165) is 6.42 Å². The van der Waals surface area contributed by atoms with Crippen molar-refractivity contribution in [3.8, 4) is 0 Å². The molecule has 1 unspecified atom stereocenters. The summed E-state index contributed by atoms with van der Waals surface area (Å²) >= 11 is 0. The van der Waals surface area contributed by atoms with Crippen molar-refractivity contribution in [1.29, 1.82) is 0 Å². The molecule has 0 saturated carbocycles. The van der Waals surface area contributed by atoms with Crippen LogP contribution in [0, 0.1) is 5.92 Å². The molecular formula is C20H33N5O5. The maximum atomic E-state index is 13.3. The fourth-order valence-corrected chi connectivity index (χ4v) is 3.26. The number of carbonyl (C=O) groups excluding carboxylic acids is 2. The number of rotatable bonds is 7. The summed E-state index contributed by atoms with van der Waals surface area (Å²) in [6, 6.07) is -0.519. The number of amides is 2. The van der Waals surface area contributed by atoms with Crippen LogP contribution in [0.1, 0.15) is 59.2 Å². The number of carbonyl (C=O) groups is 3. The average molecular weight is 424 g/mol. The van der Waals surface area contributed by atoms with E-state index in [1.807, 2.05) is 34.6 Å². The van der Waals surface area contributed by atoms with E-state index in [1.54, 1.807) is 20.7 Å². The Hall–Kier alpha value is -2.65. The van der Waals surface area contributed by atoms with Gasteiger partial charge in [-0.05, 0) is 26.7 Å². The smallest absolute Gasteiger partial charge is 0.410 e. The number of aromatic nitrogens is 3. The van der Waals surface area contributed by atoms with Crippen molar-refractivity contribution < 1.29 is 24.2 Å². The summed E-state index contributed by atoms with van der Waals surface area (Å²) in [5.41, 5.74) is -0.00910. The fraction of sp³-hybridized carbons (Fsp3) is 0.750. The van der Waals surface area contributed by atoms with Crippen LogP contribution in [0.2, 0.25) is 0 Å². The molecule has 2 atom stereocenters. The maximum absolute atomic E-state index is 13.3. The standard InChI is InChI=1S/C20H33N5O5/c1-6-14(2)17(25-13-15(21-22-25)7-8-16(26)27)18(28)23-9-11-24(12-10-23)19(29)30-20(3,4)5/h13-14,17H,6-12H2,1-5H3,(H,26,27)/t14?,17-/m0/s1. The zero-order valence-corrected chi connectivity index (χ0v) is 18.5. The van der Waals surface area contributed by atoms with E-state index < -0.39 is 17.6 Å². The summed E-state index contributed by atoms with van der Waals surface area (Å²) in [6.45, 7) is 11.1. The molecule has 0 spiro atoms. The number of hydrogen-bond donors (Lipinski definition) is 1. The second kappa shape index (κ2) is 9.90. The van der Waals surface area contributed by atoms with Gasteiger partial charge in [-0.2, -0.15) is 0 Å². The van der Waals surface area contributed by atoms with Crippen molar-refractivity contribution in [3.63, 3.8) is 0 Å². The summed E-state index contributed by atoms with van der Waals surface area (Å²) in [5, 5.41) is 17.0. The minimum Gasteiger partial charge on any atom is -0.481 e. The highest BCUT2D eigenvalue weighted by molar-refractivity contribution is 5.81. The lowest BCUT2D eigenvalue weighted by Crippen LogP contribution is -2.53. The number of ether oxygens (including phenoxy) is 1. The van der Waals surface area contributed by atoms with Crippen LogP contribution in [0.4, 0.5) is 4.79 Å². The molecule has 2 heterocycles. The van der Waals surface area contributed by atoms with Gasteiger partial charge in [0.15, 0.2) is 0 Å². The van der Waals surface area contributed by atoms with E-state index >= 15 is 0 Å². The zero-order valence-electron chi connectivity index (χ0n) is 18.5. The number of piperazine rings is 1. The molecule has 1 saturated heterocycles. The number of carboxylic acids is 1. The van der Waals surface area contributed by atoms with Crippen LogP contribution < -0.4 is 0 Å². The molecule has 1 aliphatic rings. The van der Waals surface area contributed by atoms with Crippen LogP contribution in [0.25, 0.3) is 0 Å². The van der Waals surface area contributed by atoms with Gasteiger partial charge in [0.25, 0.3) is 0 Å². The topological polar surface area (TPSA) is 118 Å². The van der Waals surface area contributed by atoms with Gasteiger partial charge in [-0.1, -0.05) is 25.5 Å². The highest BCUT2D eigenvalue weighted by Gasteiger charge is 2.34. The summed E-state index contributed by atoms with van der Waals surface area (Å²) in [6.07, 6.45) is 2.30. The molecule has 168 valence electrons. The SMILES string of the molecule is CCC(C)[C@@H](C(=O)N1CCN(C(=O)OC(C)(C)C)CC1)n1cc(CCC(=O)O)nn1. The van der Waals surface area contributed by atoms with Crippen molar-refractivity contribution in [2.24, 2.45) is 5.92 Å². The molecule has 10 heteroatoms. The van der Waals surface area contributed by atoms with Crippen LogP contribution in [0.5, 0.6) is 0 Å². The molecule has 1 aromatic rings. The number of carboxylic acid groups (broad SMARTS) is 1. The zero-order chi connectivity index (χ0) is 22.5. The molecule has 1 fully saturated rings. The van der Waals surface area contributed by atoms with Crippen molar-refractivity contribution >= 4 is 18.0 Å². The van der Waals surface area contributed by atoms with Crippen LogP contribution in [0.15, 0.2) is 6.20 Å². The van der Waals surface area contributed by atoms with Gasteiger partial charge >= 0.3 is 12.1 Å². The third kappa shape index (κ3) is 6.43. The van der Waals surface area contributed by atoms with Gasteiger partial charge in [0.2, 0.25) is 5.91 Å². The number of nitrogens with zero attached hydrogens (tertiary/aromatic N) is 5. The Labute approximate surface area is 177 Å². The number of aliphatic carboxylic acids is 1. The molecule has 1 aliphatic heterocycles. The van der Waals surface area contributed by atoms with Crippen LogP contribution in [0.3, 0.4) is 0 Å². The summed E-state index contributed by atoms with van der Waals surface area (Å²) < 4.78 is 6.96. The van der Waals surface area contributed by atoms with E-state index in [1.165, 1.54) is 0 Å². The molecule has 2 amide bonds. The van der Waals surface area contributed by atoms with Crippen LogP contribution in [-0.4, -0.2) is 79.7 Å². The first-order valence-corrected chi connectivity index (χ1v) is 10.4. The summed E-state index contributed by atoms with van der Waals surface area (Å²) in [5.74, 6) is -0.944. The fourth-order valence-electron chi connectivity index (χ4n) is 3.26. The first-order valence-electron chi connectivity index (χ1n) is 10.4. The lowest BCUT2D eigenvalue weighted by atomic mass is 9.97. The monoisotopic (exact) mass is 423 g/mol. The first kappa shape index (κ1) is 23.6. The molecule has 10 nitrogen and oxygen atoms in total. The Balaban J connectivity index is 2.04. The van der Waals surface area contributed by atoms with Crippen LogP contribution in [-0.2, 0) is 20.7 Å². The Morgan fingerprint density at radius 3 is 2.30 bits per heavy atom.